The smallest absolute Gasteiger partial charge is 0.241 e. The fourth-order valence-corrected chi connectivity index (χ4v) is 2.38. The van der Waals surface area contributed by atoms with Crippen LogP contribution in [0.15, 0.2) is 34.8 Å². The van der Waals surface area contributed by atoms with Crippen LogP contribution in [-0.4, -0.2) is 9.97 Å². The van der Waals surface area contributed by atoms with Crippen LogP contribution in [-0.2, 0) is 0 Å². The first kappa shape index (κ1) is 14.8. The fraction of sp³-hybridized carbons (Fsp3) is 0.125. The number of rotatable bonds is 2. The number of fused-ring (bicyclic) bond motifs is 1. The summed E-state index contributed by atoms with van der Waals surface area (Å²) in [7, 11) is 0. The molecule has 6 heteroatoms. The number of halogens is 3. The monoisotopic (exact) mass is 364 g/mol. The van der Waals surface area contributed by atoms with Gasteiger partial charge in [0.15, 0.2) is 11.6 Å². The number of benzene rings is 2. The topological polar surface area (TPSA) is 35.0 Å². The van der Waals surface area contributed by atoms with Crippen molar-refractivity contribution in [3.63, 3.8) is 0 Å². The van der Waals surface area contributed by atoms with Crippen molar-refractivity contribution in [2.24, 2.45) is 0 Å². The normalized spacial score (nSPS) is 11.0. The lowest BCUT2D eigenvalue weighted by Crippen LogP contribution is -1.99. The average molecular weight is 365 g/mol. The molecule has 0 saturated carbocycles. The minimum Gasteiger partial charge on any atom is -0.436 e. The highest BCUT2D eigenvalue weighted by atomic mass is 79.9. The average Bonchev–Trinajstić information content (AvgIpc) is 2.49. The van der Waals surface area contributed by atoms with Crippen molar-refractivity contribution in [2.75, 3.05) is 0 Å². The maximum atomic E-state index is 13.7. The lowest BCUT2D eigenvalue weighted by Gasteiger charge is -2.11. The third kappa shape index (κ3) is 2.54. The number of aryl methyl sites for hydroxylation is 2. The van der Waals surface area contributed by atoms with Gasteiger partial charge in [0, 0.05) is 0 Å². The van der Waals surface area contributed by atoms with Gasteiger partial charge >= 0.3 is 0 Å². The van der Waals surface area contributed by atoms with Crippen molar-refractivity contribution >= 4 is 27.0 Å². The van der Waals surface area contributed by atoms with Crippen LogP contribution in [0.25, 0.3) is 11.0 Å². The largest absolute Gasteiger partial charge is 0.436 e. The predicted octanol–water partition coefficient (Wildman–Crippen LogP) is 5.08. The van der Waals surface area contributed by atoms with Gasteiger partial charge in [-0.05, 0) is 53.5 Å². The van der Waals surface area contributed by atoms with Crippen LogP contribution in [0.3, 0.4) is 0 Å². The van der Waals surface area contributed by atoms with Gasteiger partial charge in [-0.2, -0.15) is 0 Å². The predicted molar refractivity (Wildman–Crippen MR) is 83.1 cm³/mol. The quantitative estimate of drug-likeness (QED) is 0.635. The number of hydrogen-bond donors (Lipinski definition) is 0. The second-order valence-electron chi connectivity index (χ2n) is 4.83. The Morgan fingerprint density at radius 1 is 1.05 bits per heavy atom. The Labute approximate surface area is 134 Å². The number of ether oxygens (including phenoxy) is 1. The molecule has 0 aliphatic carbocycles. The third-order valence-electron chi connectivity index (χ3n) is 3.22. The van der Waals surface area contributed by atoms with E-state index in [1.165, 1.54) is 6.07 Å². The summed E-state index contributed by atoms with van der Waals surface area (Å²) in [6.45, 7) is 3.57. The zero-order chi connectivity index (χ0) is 15.9. The molecule has 0 N–H and O–H groups in total. The second-order valence-corrected chi connectivity index (χ2v) is 5.63. The van der Waals surface area contributed by atoms with E-state index in [1.54, 1.807) is 13.0 Å². The van der Waals surface area contributed by atoms with Crippen LogP contribution in [0.4, 0.5) is 8.78 Å². The Kier molecular flexibility index (Phi) is 3.78. The molecule has 3 aromatic rings. The van der Waals surface area contributed by atoms with Gasteiger partial charge in [0.1, 0.15) is 17.0 Å². The summed E-state index contributed by atoms with van der Waals surface area (Å²) < 4.78 is 33.5. The molecule has 0 atom stereocenters. The number of aromatic nitrogens is 2. The molecule has 22 heavy (non-hydrogen) atoms. The van der Waals surface area contributed by atoms with E-state index in [2.05, 4.69) is 25.9 Å². The molecular weight excluding hydrogens is 354 g/mol. The highest BCUT2D eigenvalue weighted by Crippen LogP contribution is 2.33. The molecule has 0 fully saturated rings. The minimum absolute atomic E-state index is 0.104. The van der Waals surface area contributed by atoms with Gasteiger partial charge in [-0.15, -0.1) is 0 Å². The van der Waals surface area contributed by atoms with Crippen molar-refractivity contribution in [3.05, 3.63) is 57.7 Å². The molecule has 0 unspecified atom stereocenters. The summed E-state index contributed by atoms with van der Waals surface area (Å²) in [5.41, 5.74) is 1.53. The highest BCUT2D eigenvalue weighted by Gasteiger charge is 2.14. The first-order chi connectivity index (χ1) is 10.5. The highest BCUT2D eigenvalue weighted by molar-refractivity contribution is 9.10. The summed E-state index contributed by atoms with van der Waals surface area (Å²) in [5, 5.41) is 0. The molecule has 0 aliphatic heterocycles. The van der Waals surface area contributed by atoms with Gasteiger partial charge < -0.3 is 4.74 Å². The van der Waals surface area contributed by atoms with Gasteiger partial charge in [-0.25, -0.2) is 18.7 Å². The summed E-state index contributed by atoms with van der Waals surface area (Å²) in [6.07, 6.45) is 0. The lowest BCUT2D eigenvalue weighted by molar-refractivity contribution is 0.454. The molecule has 0 amide bonds. The molecule has 2 aromatic carbocycles. The number of nitrogens with zero attached hydrogens (tertiary/aromatic N) is 2. The summed E-state index contributed by atoms with van der Waals surface area (Å²) in [5.74, 6) is -1.11. The van der Waals surface area contributed by atoms with Crippen LogP contribution in [0.1, 0.15) is 11.3 Å². The first-order valence-electron chi connectivity index (χ1n) is 6.52. The van der Waals surface area contributed by atoms with E-state index < -0.39 is 11.6 Å². The fourth-order valence-electron chi connectivity index (χ4n) is 2.03. The second kappa shape index (κ2) is 5.61. The molecule has 0 spiro atoms. The lowest BCUT2D eigenvalue weighted by atomic mass is 10.2. The van der Waals surface area contributed by atoms with E-state index in [9.17, 15) is 8.78 Å². The zero-order valence-corrected chi connectivity index (χ0v) is 13.4. The molecule has 0 bridgehead atoms. The van der Waals surface area contributed by atoms with Crippen LogP contribution >= 0.6 is 15.9 Å². The van der Waals surface area contributed by atoms with Crippen LogP contribution < -0.4 is 4.74 Å². The summed E-state index contributed by atoms with van der Waals surface area (Å²) in [6, 6.07) is 7.97. The molecular formula is C16H11BrF2N2O. The number of hydrogen-bond acceptors (Lipinski definition) is 3. The summed E-state index contributed by atoms with van der Waals surface area (Å²) >= 11 is 3.45. The summed E-state index contributed by atoms with van der Waals surface area (Å²) in [4.78, 5) is 8.30. The van der Waals surface area contributed by atoms with E-state index in [1.807, 2.05) is 19.1 Å². The molecule has 3 rings (SSSR count). The molecule has 0 aliphatic rings. The molecule has 1 aromatic heterocycles. The SMILES string of the molecule is Cc1cccc(Oc2nc3ccc(F)c(F)c3nc2C)c1Br. The van der Waals surface area contributed by atoms with Gasteiger partial charge in [0.25, 0.3) is 0 Å². The third-order valence-corrected chi connectivity index (χ3v) is 4.24. The molecule has 112 valence electrons. The van der Waals surface area contributed by atoms with Gasteiger partial charge in [-0.1, -0.05) is 12.1 Å². The molecule has 3 nitrogen and oxygen atoms in total. The van der Waals surface area contributed by atoms with Crippen molar-refractivity contribution in [1.82, 2.24) is 9.97 Å². The maximum Gasteiger partial charge on any atom is 0.241 e. The van der Waals surface area contributed by atoms with Crippen molar-refractivity contribution < 1.29 is 13.5 Å². The minimum atomic E-state index is -1.00. The van der Waals surface area contributed by atoms with E-state index >= 15 is 0 Å². The van der Waals surface area contributed by atoms with Gasteiger partial charge in [-0.3, -0.25) is 0 Å². The molecule has 0 saturated heterocycles. The van der Waals surface area contributed by atoms with Crippen LogP contribution in [0, 0.1) is 25.5 Å². The molecule has 0 radical (unpaired) electrons. The Morgan fingerprint density at radius 2 is 1.82 bits per heavy atom. The Morgan fingerprint density at radius 3 is 2.59 bits per heavy atom. The van der Waals surface area contributed by atoms with E-state index in [-0.39, 0.29) is 16.9 Å². The van der Waals surface area contributed by atoms with Crippen LogP contribution in [0.2, 0.25) is 0 Å². The Hall–Kier alpha value is -2.08. The van der Waals surface area contributed by atoms with E-state index in [0.717, 1.165) is 16.1 Å². The Bertz CT molecular complexity index is 884. The molecule has 1 heterocycles. The Balaban J connectivity index is 2.10. The van der Waals surface area contributed by atoms with Crippen LogP contribution in [0.5, 0.6) is 11.6 Å². The van der Waals surface area contributed by atoms with E-state index in [0.29, 0.717) is 11.4 Å². The van der Waals surface area contributed by atoms with Gasteiger partial charge in [0.2, 0.25) is 5.88 Å². The van der Waals surface area contributed by atoms with Crippen molar-refractivity contribution in [2.45, 2.75) is 13.8 Å². The first-order valence-corrected chi connectivity index (χ1v) is 7.32. The van der Waals surface area contributed by atoms with E-state index in [4.69, 9.17) is 4.74 Å². The van der Waals surface area contributed by atoms with Crippen molar-refractivity contribution in [1.29, 1.82) is 0 Å². The maximum absolute atomic E-state index is 13.7. The van der Waals surface area contributed by atoms with Crippen molar-refractivity contribution in [3.8, 4) is 11.6 Å². The van der Waals surface area contributed by atoms with Gasteiger partial charge in [0.05, 0.1) is 9.99 Å². The standard InChI is InChI=1S/C16H11BrF2N2O/c1-8-4-3-5-12(13(8)17)22-16-9(2)20-15-11(21-16)7-6-10(18)14(15)19/h3-7H,1-2H3. The zero-order valence-electron chi connectivity index (χ0n) is 11.8.